The molecule has 2 aromatic rings. The molecule has 0 aliphatic rings. The van der Waals surface area contributed by atoms with E-state index in [1.165, 1.54) is 6.07 Å². The van der Waals surface area contributed by atoms with E-state index in [1.807, 2.05) is 6.07 Å². The van der Waals surface area contributed by atoms with E-state index < -0.39 is 11.6 Å². The van der Waals surface area contributed by atoms with Gasteiger partial charge in [0.25, 0.3) is 0 Å². The largest absolute Gasteiger partial charge is 0.243 e. The molecule has 0 aliphatic heterocycles. The Bertz CT molecular complexity index is 658. The van der Waals surface area contributed by atoms with Gasteiger partial charge in [-0.2, -0.15) is 5.26 Å². The number of aryl methyl sites for hydroxylation is 1. The van der Waals surface area contributed by atoms with Crippen molar-refractivity contribution in [2.45, 2.75) is 39.2 Å². The monoisotopic (exact) mass is 290 g/mol. The molecular weight excluding hydrogens is 274 g/mol. The summed E-state index contributed by atoms with van der Waals surface area (Å²) < 4.78 is 28.0. The maximum Gasteiger partial charge on any atom is 0.190 e. The predicted molar refractivity (Wildman–Crippen MR) is 74.2 cm³/mol. The van der Waals surface area contributed by atoms with E-state index in [0.29, 0.717) is 17.8 Å². The number of unbranched alkanes of at least 4 members (excludes halogenated alkanes) is 3. The van der Waals surface area contributed by atoms with Crippen LogP contribution in [0.25, 0.3) is 11.3 Å². The van der Waals surface area contributed by atoms with Crippen LogP contribution in [0, 0.1) is 23.0 Å². The third-order valence-corrected chi connectivity index (χ3v) is 3.26. The Morgan fingerprint density at radius 3 is 2.67 bits per heavy atom. The van der Waals surface area contributed by atoms with Crippen molar-refractivity contribution in [1.82, 2.24) is 15.0 Å². The van der Waals surface area contributed by atoms with E-state index in [0.717, 1.165) is 37.8 Å². The molecule has 0 saturated heterocycles. The fourth-order valence-electron chi connectivity index (χ4n) is 2.16. The third-order valence-electron chi connectivity index (χ3n) is 3.26. The van der Waals surface area contributed by atoms with Gasteiger partial charge < -0.3 is 0 Å². The van der Waals surface area contributed by atoms with Gasteiger partial charge in [-0.15, -0.1) is 5.10 Å². The van der Waals surface area contributed by atoms with Gasteiger partial charge in [-0.1, -0.05) is 31.4 Å². The topological polar surface area (TPSA) is 54.5 Å². The molecule has 1 heterocycles. The zero-order chi connectivity index (χ0) is 15.2. The maximum atomic E-state index is 13.4. The van der Waals surface area contributed by atoms with Crippen molar-refractivity contribution in [2.75, 3.05) is 0 Å². The first-order chi connectivity index (χ1) is 10.2. The summed E-state index contributed by atoms with van der Waals surface area (Å²) in [4.78, 5) is 0. The first kappa shape index (κ1) is 15.1. The molecule has 0 N–H and O–H groups in total. The molecular formula is C15H16F2N4. The summed E-state index contributed by atoms with van der Waals surface area (Å²) in [5.74, 6) is -1.87. The van der Waals surface area contributed by atoms with Crippen LogP contribution in [-0.4, -0.2) is 15.0 Å². The molecule has 0 fully saturated rings. The molecule has 4 nitrogen and oxygen atoms in total. The zero-order valence-corrected chi connectivity index (χ0v) is 11.8. The highest BCUT2D eigenvalue weighted by Crippen LogP contribution is 2.24. The van der Waals surface area contributed by atoms with Gasteiger partial charge in [0.2, 0.25) is 0 Å². The SMILES string of the molecule is CCCCCCn1nnc(C#N)c1-c1ccc(F)c(F)c1. The van der Waals surface area contributed by atoms with Crippen molar-refractivity contribution in [3.8, 4) is 17.3 Å². The number of aromatic nitrogens is 3. The molecule has 0 spiro atoms. The van der Waals surface area contributed by atoms with Crippen molar-refractivity contribution in [3.63, 3.8) is 0 Å². The van der Waals surface area contributed by atoms with Crippen LogP contribution >= 0.6 is 0 Å². The van der Waals surface area contributed by atoms with Crippen LogP contribution < -0.4 is 0 Å². The fourth-order valence-corrected chi connectivity index (χ4v) is 2.16. The summed E-state index contributed by atoms with van der Waals surface area (Å²) in [6.07, 6.45) is 4.20. The first-order valence-corrected chi connectivity index (χ1v) is 6.96. The van der Waals surface area contributed by atoms with Gasteiger partial charge in [0, 0.05) is 12.1 Å². The minimum Gasteiger partial charge on any atom is -0.243 e. The van der Waals surface area contributed by atoms with Crippen molar-refractivity contribution in [3.05, 3.63) is 35.5 Å². The highest BCUT2D eigenvalue weighted by molar-refractivity contribution is 5.64. The van der Waals surface area contributed by atoms with E-state index in [-0.39, 0.29) is 5.69 Å². The molecule has 1 aromatic carbocycles. The molecule has 6 heteroatoms. The Morgan fingerprint density at radius 2 is 2.00 bits per heavy atom. The Morgan fingerprint density at radius 1 is 1.19 bits per heavy atom. The lowest BCUT2D eigenvalue weighted by Crippen LogP contribution is -2.03. The summed E-state index contributed by atoms with van der Waals surface area (Å²) >= 11 is 0. The number of halogens is 2. The molecule has 0 atom stereocenters. The zero-order valence-electron chi connectivity index (χ0n) is 11.8. The van der Waals surface area contributed by atoms with Crippen LogP contribution in [0.15, 0.2) is 18.2 Å². The predicted octanol–water partition coefficient (Wildman–Crippen LogP) is 3.68. The van der Waals surface area contributed by atoms with E-state index in [9.17, 15) is 8.78 Å². The lowest BCUT2D eigenvalue weighted by atomic mass is 10.1. The summed E-state index contributed by atoms with van der Waals surface area (Å²) in [5.41, 5.74) is 0.968. The second kappa shape index (κ2) is 6.93. The van der Waals surface area contributed by atoms with Crippen LogP contribution in [0.4, 0.5) is 8.78 Å². The van der Waals surface area contributed by atoms with Crippen LogP contribution in [0.5, 0.6) is 0 Å². The lowest BCUT2D eigenvalue weighted by molar-refractivity contribution is 0.508. The van der Waals surface area contributed by atoms with Crippen molar-refractivity contribution in [1.29, 1.82) is 5.26 Å². The number of nitrogens with zero attached hydrogens (tertiary/aromatic N) is 4. The van der Waals surface area contributed by atoms with Crippen LogP contribution in [0.2, 0.25) is 0 Å². The minimum atomic E-state index is -0.949. The number of benzene rings is 1. The second-order valence-corrected chi connectivity index (χ2v) is 4.81. The Hall–Kier alpha value is -2.29. The highest BCUT2D eigenvalue weighted by Gasteiger charge is 2.16. The van der Waals surface area contributed by atoms with E-state index in [1.54, 1.807) is 4.68 Å². The lowest BCUT2D eigenvalue weighted by Gasteiger charge is -2.07. The molecule has 110 valence electrons. The summed E-state index contributed by atoms with van der Waals surface area (Å²) in [7, 11) is 0. The molecule has 21 heavy (non-hydrogen) atoms. The molecule has 0 aliphatic carbocycles. The smallest absolute Gasteiger partial charge is 0.190 e. The Kier molecular flexibility index (Phi) is 4.99. The van der Waals surface area contributed by atoms with Crippen molar-refractivity contribution in [2.24, 2.45) is 0 Å². The van der Waals surface area contributed by atoms with Crippen LogP contribution in [0.3, 0.4) is 0 Å². The van der Waals surface area contributed by atoms with Gasteiger partial charge in [-0.05, 0) is 24.6 Å². The molecule has 1 aromatic heterocycles. The second-order valence-electron chi connectivity index (χ2n) is 4.81. The van der Waals surface area contributed by atoms with Crippen molar-refractivity contribution < 1.29 is 8.78 Å². The van der Waals surface area contributed by atoms with E-state index >= 15 is 0 Å². The average Bonchev–Trinajstić information content (AvgIpc) is 2.89. The number of hydrogen-bond donors (Lipinski definition) is 0. The molecule has 0 radical (unpaired) electrons. The number of nitriles is 1. The van der Waals surface area contributed by atoms with Gasteiger partial charge >= 0.3 is 0 Å². The first-order valence-electron chi connectivity index (χ1n) is 6.96. The maximum absolute atomic E-state index is 13.4. The van der Waals surface area contributed by atoms with Gasteiger partial charge in [0.1, 0.15) is 11.8 Å². The van der Waals surface area contributed by atoms with Gasteiger partial charge in [-0.25, -0.2) is 13.5 Å². The third kappa shape index (κ3) is 3.43. The van der Waals surface area contributed by atoms with Gasteiger partial charge in [0.15, 0.2) is 17.3 Å². The summed E-state index contributed by atoms with van der Waals surface area (Å²) in [6, 6.07) is 5.48. The number of rotatable bonds is 6. The highest BCUT2D eigenvalue weighted by atomic mass is 19.2. The molecule has 0 bridgehead atoms. The molecule has 0 saturated carbocycles. The van der Waals surface area contributed by atoms with Gasteiger partial charge in [-0.3, -0.25) is 0 Å². The quantitative estimate of drug-likeness (QED) is 0.763. The average molecular weight is 290 g/mol. The summed E-state index contributed by atoms with van der Waals surface area (Å²) in [5, 5.41) is 16.8. The molecule has 0 amide bonds. The normalized spacial score (nSPS) is 10.6. The standard InChI is InChI=1S/C15H16F2N4/c1-2-3-4-5-8-21-15(14(10-18)19-20-21)11-6-7-12(16)13(17)9-11/h6-7,9H,2-5,8H2,1H3. The number of hydrogen-bond acceptors (Lipinski definition) is 3. The van der Waals surface area contributed by atoms with Crippen molar-refractivity contribution >= 4 is 0 Å². The molecule has 0 unspecified atom stereocenters. The van der Waals surface area contributed by atoms with Crippen LogP contribution in [0.1, 0.15) is 38.3 Å². The van der Waals surface area contributed by atoms with E-state index in [2.05, 4.69) is 17.2 Å². The minimum absolute atomic E-state index is 0.122. The van der Waals surface area contributed by atoms with E-state index in [4.69, 9.17) is 5.26 Å². The Labute approximate surface area is 122 Å². The van der Waals surface area contributed by atoms with Gasteiger partial charge in [0.05, 0.1) is 0 Å². The Balaban J connectivity index is 2.30. The van der Waals surface area contributed by atoms with Crippen LogP contribution in [-0.2, 0) is 6.54 Å². The summed E-state index contributed by atoms with van der Waals surface area (Å²) in [6.45, 7) is 2.72. The fraction of sp³-hybridized carbons (Fsp3) is 0.400. The molecule has 2 rings (SSSR count).